The monoisotopic (exact) mass is 730 g/mol. The Hall–Kier alpha value is -1.51. The van der Waals surface area contributed by atoms with Crippen LogP contribution < -0.4 is 5.73 Å². The number of allylic oxidation sites excluding steroid dienone is 4. The van der Waals surface area contributed by atoms with E-state index in [9.17, 15) is 19.0 Å². The Morgan fingerprint density at radius 2 is 0.980 bits per heavy atom. The van der Waals surface area contributed by atoms with E-state index >= 15 is 0 Å². The van der Waals surface area contributed by atoms with Crippen LogP contribution in [0.4, 0.5) is 0 Å². The van der Waals surface area contributed by atoms with Crippen LogP contribution in [0.1, 0.15) is 187 Å². The first kappa shape index (κ1) is 48.5. The lowest BCUT2D eigenvalue weighted by Crippen LogP contribution is -2.29. The van der Waals surface area contributed by atoms with Crippen molar-refractivity contribution in [2.24, 2.45) is 5.73 Å². The van der Waals surface area contributed by atoms with Gasteiger partial charge in [-0.2, -0.15) is 0 Å². The number of carbonyl (C=O) groups excluding carboxylic acids is 2. The minimum Gasteiger partial charge on any atom is -0.462 e. The average molecular weight is 730 g/mol. The number of ether oxygens (including phenoxy) is 2. The summed E-state index contributed by atoms with van der Waals surface area (Å²) < 4.78 is 32.7. The second-order valence-corrected chi connectivity index (χ2v) is 14.9. The van der Waals surface area contributed by atoms with Crippen LogP contribution in [0.2, 0.25) is 0 Å². The molecule has 0 aromatic rings. The van der Waals surface area contributed by atoms with Crippen LogP contribution in [0.15, 0.2) is 24.3 Å². The highest BCUT2D eigenvalue weighted by molar-refractivity contribution is 7.47. The van der Waals surface area contributed by atoms with Crippen molar-refractivity contribution >= 4 is 19.8 Å². The van der Waals surface area contributed by atoms with E-state index in [4.69, 9.17) is 24.3 Å². The SMILES string of the molecule is CCCCCCC/C=C/CCCCCCCC(=O)OC[C@H](COP(=O)(O)OCCN)OC(=O)CCCCCCC/C=C/CCCCCCCC. The van der Waals surface area contributed by atoms with E-state index in [2.05, 4.69) is 38.2 Å². The van der Waals surface area contributed by atoms with Crippen molar-refractivity contribution in [3.05, 3.63) is 24.3 Å². The summed E-state index contributed by atoms with van der Waals surface area (Å²) in [6.07, 6.45) is 37.7. The van der Waals surface area contributed by atoms with Gasteiger partial charge in [0, 0.05) is 19.4 Å². The Labute approximate surface area is 306 Å². The maximum atomic E-state index is 12.5. The highest BCUT2D eigenvalue weighted by Gasteiger charge is 2.25. The minimum absolute atomic E-state index is 0.0518. The zero-order valence-corrected chi connectivity index (χ0v) is 33.0. The van der Waals surface area contributed by atoms with Gasteiger partial charge in [0.1, 0.15) is 6.61 Å². The van der Waals surface area contributed by atoms with Crippen LogP contribution in [-0.2, 0) is 32.7 Å². The van der Waals surface area contributed by atoms with Gasteiger partial charge in [-0.1, -0.05) is 134 Å². The number of carbonyl (C=O) groups is 2. The summed E-state index contributed by atoms with van der Waals surface area (Å²) >= 11 is 0. The summed E-state index contributed by atoms with van der Waals surface area (Å²) in [5.74, 6) is -0.846. The molecule has 0 aliphatic rings. The molecule has 0 aromatic heterocycles. The van der Waals surface area contributed by atoms with Gasteiger partial charge in [-0.25, -0.2) is 4.57 Å². The lowest BCUT2D eigenvalue weighted by atomic mass is 10.1. The van der Waals surface area contributed by atoms with Crippen molar-refractivity contribution in [2.75, 3.05) is 26.4 Å². The molecule has 9 nitrogen and oxygen atoms in total. The molecule has 0 heterocycles. The number of hydrogen-bond donors (Lipinski definition) is 2. The summed E-state index contributed by atoms with van der Waals surface area (Å²) in [6.45, 7) is 3.70. The fraction of sp³-hybridized carbons (Fsp3) is 0.850. The fourth-order valence-electron chi connectivity index (χ4n) is 5.51. The molecule has 10 heteroatoms. The van der Waals surface area contributed by atoms with Crippen molar-refractivity contribution < 1.29 is 37.6 Å². The number of hydrogen-bond acceptors (Lipinski definition) is 8. The first-order chi connectivity index (χ1) is 24.3. The van der Waals surface area contributed by atoms with Crippen molar-refractivity contribution in [1.29, 1.82) is 0 Å². The molecule has 0 rings (SSSR count). The van der Waals surface area contributed by atoms with Crippen LogP contribution >= 0.6 is 7.82 Å². The molecule has 0 aliphatic carbocycles. The summed E-state index contributed by atoms with van der Waals surface area (Å²) in [5, 5.41) is 0. The molecular formula is C40H76NO8P. The maximum absolute atomic E-state index is 12.5. The number of esters is 2. The Bertz CT molecular complexity index is 881. The number of rotatable bonds is 38. The van der Waals surface area contributed by atoms with E-state index in [-0.39, 0.29) is 32.6 Å². The quantitative estimate of drug-likeness (QED) is 0.0275. The summed E-state index contributed by atoms with van der Waals surface area (Å²) in [7, 11) is -4.37. The predicted octanol–water partition coefficient (Wildman–Crippen LogP) is 11.2. The first-order valence-electron chi connectivity index (χ1n) is 20.3. The summed E-state index contributed by atoms with van der Waals surface area (Å²) in [5.41, 5.74) is 5.33. The molecule has 0 fully saturated rings. The van der Waals surface area contributed by atoms with Gasteiger partial charge in [0.15, 0.2) is 6.10 Å². The van der Waals surface area contributed by atoms with Crippen LogP contribution in [0.25, 0.3) is 0 Å². The largest absolute Gasteiger partial charge is 0.472 e. The second-order valence-electron chi connectivity index (χ2n) is 13.5. The van der Waals surface area contributed by atoms with Gasteiger partial charge in [0.05, 0.1) is 13.2 Å². The van der Waals surface area contributed by atoms with Crippen molar-refractivity contribution in [3.8, 4) is 0 Å². The maximum Gasteiger partial charge on any atom is 0.472 e. The second kappa shape index (κ2) is 37.3. The zero-order valence-electron chi connectivity index (χ0n) is 32.1. The average Bonchev–Trinajstić information content (AvgIpc) is 3.10. The number of phosphoric ester groups is 1. The number of nitrogens with two attached hydrogens (primary N) is 1. The first-order valence-corrected chi connectivity index (χ1v) is 21.8. The summed E-state index contributed by atoms with van der Waals surface area (Å²) in [4.78, 5) is 34.8. The molecule has 0 saturated carbocycles. The molecule has 0 aromatic carbocycles. The van der Waals surface area contributed by atoms with Gasteiger partial charge in [0.2, 0.25) is 0 Å². The molecule has 1 unspecified atom stereocenters. The molecule has 0 radical (unpaired) electrons. The zero-order chi connectivity index (χ0) is 36.8. The van der Waals surface area contributed by atoms with Crippen LogP contribution in [0, 0.1) is 0 Å². The van der Waals surface area contributed by atoms with Gasteiger partial charge in [-0.3, -0.25) is 18.6 Å². The molecule has 2 atom stereocenters. The van der Waals surface area contributed by atoms with E-state index in [0.717, 1.165) is 70.6 Å². The van der Waals surface area contributed by atoms with Crippen LogP contribution in [0.5, 0.6) is 0 Å². The van der Waals surface area contributed by atoms with Gasteiger partial charge in [0.25, 0.3) is 0 Å². The standard InChI is InChI=1S/C40H76NO8P/c1-3-5-7-9-11-13-15-17-19-21-23-25-27-29-31-33-40(43)49-38(37-48-50(44,45)47-35-34-41)36-46-39(42)32-30-28-26-24-22-20-18-16-14-12-10-8-6-4-2/h16-19,38H,3-15,20-37,41H2,1-2H3,(H,44,45)/b18-16+,19-17+/t38-/m1/s1. The highest BCUT2D eigenvalue weighted by atomic mass is 31.2. The topological polar surface area (TPSA) is 134 Å². The highest BCUT2D eigenvalue weighted by Crippen LogP contribution is 2.43. The van der Waals surface area contributed by atoms with Crippen LogP contribution in [-0.4, -0.2) is 49.3 Å². The van der Waals surface area contributed by atoms with E-state index in [1.165, 1.54) is 83.5 Å². The van der Waals surface area contributed by atoms with E-state index in [1.54, 1.807) is 0 Å². The minimum atomic E-state index is -4.37. The molecule has 0 aliphatic heterocycles. The number of phosphoric acid groups is 1. The molecular weight excluding hydrogens is 653 g/mol. The van der Waals surface area contributed by atoms with Crippen molar-refractivity contribution in [3.63, 3.8) is 0 Å². The van der Waals surface area contributed by atoms with E-state index < -0.39 is 32.5 Å². The Morgan fingerprint density at radius 3 is 1.42 bits per heavy atom. The molecule has 0 bridgehead atoms. The van der Waals surface area contributed by atoms with Gasteiger partial charge in [-0.05, 0) is 64.2 Å². The van der Waals surface area contributed by atoms with Crippen molar-refractivity contribution in [2.45, 2.75) is 193 Å². The Kier molecular flexibility index (Phi) is 36.1. The Balaban J connectivity index is 4.21. The lowest BCUT2D eigenvalue weighted by molar-refractivity contribution is -0.161. The van der Waals surface area contributed by atoms with E-state index in [1.807, 2.05) is 0 Å². The third-order valence-electron chi connectivity index (χ3n) is 8.56. The van der Waals surface area contributed by atoms with Crippen molar-refractivity contribution in [1.82, 2.24) is 0 Å². The van der Waals surface area contributed by atoms with Gasteiger partial charge < -0.3 is 20.1 Å². The molecule has 0 amide bonds. The third kappa shape index (κ3) is 36.3. The fourth-order valence-corrected chi connectivity index (χ4v) is 6.27. The molecule has 294 valence electrons. The van der Waals surface area contributed by atoms with E-state index in [0.29, 0.717) is 6.42 Å². The molecule has 0 saturated heterocycles. The Morgan fingerprint density at radius 1 is 0.580 bits per heavy atom. The normalized spacial score (nSPS) is 13.6. The smallest absolute Gasteiger partial charge is 0.462 e. The third-order valence-corrected chi connectivity index (χ3v) is 9.54. The molecule has 50 heavy (non-hydrogen) atoms. The summed E-state index contributed by atoms with van der Waals surface area (Å²) in [6, 6.07) is 0. The van der Waals surface area contributed by atoms with Gasteiger partial charge in [-0.15, -0.1) is 0 Å². The molecule has 3 N–H and O–H groups in total. The predicted molar refractivity (Wildman–Crippen MR) is 206 cm³/mol. The van der Waals surface area contributed by atoms with Crippen LogP contribution in [0.3, 0.4) is 0 Å². The van der Waals surface area contributed by atoms with Gasteiger partial charge >= 0.3 is 19.8 Å². The lowest BCUT2D eigenvalue weighted by Gasteiger charge is -2.19. The number of unbranched alkanes of at least 4 members (excludes halogenated alkanes) is 21. The molecule has 0 spiro atoms.